The third-order valence-electron chi connectivity index (χ3n) is 3.83. The number of para-hydroxylation sites is 1. The Bertz CT molecular complexity index is 373. The van der Waals surface area contributed by atoms with Crippen molar-refractivity contribution >= 4 is 14.1 Å². The normalized spacial score (nSPS) is 26.6. The molecule has 3 atom stereocenters. The van der Waals surface area contributed by atoms with Crippen LogP contribution in [0.5, 0.6) is 0 Å². The molecule has 1 heterocycles. The summed E-state index contributed by atoms with van der Waals surface area (Å²) in [5.74, 6) is 0.698. The van der Waals surface area contributed by atoms with Gasteiger partial charge >= 0.3 is 0 Å². The molecule has 1 aliphatic heterocycles. The predicted molar refractivity (Wildman–Crippen MR) is 78.7 cm³/mol. The first-order valence-electron chi connectivity index (χ1n) is 6.58. The van der Waals surface area contributed by atoms with E-state index >= 15 is 0 Å². The molecule has 0 N–H and O–H groups in total. The molecule has 0 bridgehead atoms. The van der Waals surface area contributed by atoms with Crippen LogP contribution >= 0.6 is 8.45 Å². The van der Waals surface area contributed by atoms with E-state index in [0.717, 1.165) is 6.54 Å². The van der Waals surface area contributed by atoms with Gasteiger partial charge in [0.25, 0.3) is 0 Å². The van der Waals surface area contributed by atoms with E-state index in [1.807, 2.05) is 7.11 Å². The highest BCUT2D eigenvalue weighted by molar-refractivity contribution is 7.52. The van der Waals surface area contributed by atoms with Crippen LogP contribution in [0.3, 0.4) is 0 Å². The molecular weight excluding hydrogens is 243 g/mol. The van der Waals surface area contributed by atoms with Crippen molar-refractivity contribution in [1.29, 1.82) is 0 Å². The zero-order valence-corrected chi connectivity index (χ0v) is 12.6. The quantitative estimate of drug-likeness (QED) is 0.772. The monoisotopic (exact) mass is 266 g/mol. The summed E-state index contributed by atoms with van der Waals surface area (Å²) in [7, 11) is 3.35. The van der Waals surface area contributed by atoms with Gasteiger partial charge in [-0.15, -0.1) is 0 Å². The minimum atomic E-state index is -0.655. The molecule has 0 amide bonds. The molecule has 1 fully saturated rings. The maximum Gasteiger partial charge on any atom is 0.217 e. The van der Waals surface area contributed by atoms with E-state index in [4.69, 9.17) is 4.52 Å². The fraction of sp³-hybridized carbons (Fsp3) is 0.571. The Balaban J connectivity index is 2.21. The number of hydrogen-bond donors (Lipinski definition) is 0. The van der Waals surface area contributed by atoms with Crippen LogP contribution in [-0.4, -0.2) is 31.4 Å². The molecule has 0 saturated carbocycles. The van der Waals surface area contributed by atoms with Crippen LogP contribution < -0.4 is 4.67 Å². The van der Waals surface area contributed by atoms with E-state index in [-0.39, 0.29) is 0 Å². The van der Waals surface area contributed by atoms with Crippen molar-refractivity contribution < 1.29 is 4.52 Å². The van der Waals surface area contributed by atoms with Gasteiger partial charge in [-0.2, -0.15) is 0 Å². The summed E-state index contributed by atoms with van der Waals surface area (Å²) in [5, 5.41) is 0. The SMILES string of the molecule is CCC(C)[C@H]1CN(c2ccccc2)P(OC)N1C. The number of benzene rings is 1. The van der Waals surface area contributed by atoms with Gasteiger partial charge < -0.3 is 9.19 Å². The van der Waals surface area contributed by atoms with Gasteiger partial charge in [-0.25, -0.2) is 4.67 Å². The molecule has 0 spiro atoms. The van der Waals surface area contributed by atoms with Gasteiger partial charge in [0.2, 0.25) is 8.45 Å². The lowest BCUT2D eigenvalue weighted by atomic mass is 9.99. The zero-order valence-electron chi connectivity index (χ0n) is 11.7. The van der Waals surface area contributed by atoms with Gasteiger partial charge in [-0.05, 0) is 25.1 Å². The molecule has 1 aliphatic rings. The summed E-state index contributed by atoms with van der Waals surface area (Å²) >= 11 is 0. The lowest BCUT2D eigenvalue weighted by Gasteiger charge is -2.27. The van der Waals surface area contributed by atoms with Crippen LogP contribution in [0.15, 0.2) is 30.3 Å². The number of hydrogen-bond acceptors (Lipinski definition) is 3. The zero-order chi connectivity index (χ0) is 13.1. The molecule has 3 nitrogen and oxygen atoms in total. The minimum absolute atomic E-state index is 0.585. The summed E-state index contributed by atoms with van der Waals surface area (Å²) in [5.41, 5.74) is 1.27. The molecule has 1 saturated heterocycles. The number of likely N-dealkylation sites (N-methyl/N-ethyl adjacent to an activating group) is 1. The Kier molecular flexibility index (Phi) is 4.60. The van der Waals surface area contributed by atoms with Crippen LogP contribution in [-0.2, 0) is 4.52 Å². The largest absolute Gasteiger partial charge is 0.330 e. The van der Waals surface area contributed by atoms with Gasteiger partial charge in [-0.1, -0.05) is 38.5 Å². The summed E-state index contributed by atoms with van der Waals surface area (Å²) in [6.07, 6.45) is 1.21. The minimum Gasteiger partial charge on any atom is -0.330 e. The van der Waals surface area contributed by atoms with Crippen molar-refractivity contribution in [2.75, 3.05) is 25.4 Å². The molecule has 0 aliphatic carbocycles. The average molecular weight is 266 g/mol. The molecule has 0 radical (unpaired) electrons. The Morgan fingerprint density at radius 1 is 1.39 bits per heavy atom. The first-order valence-corrected chi connectivity index (χ1v) is 7.75. The molecule has 0 aromatic heterocycles. The Labute approximate surface area is 112 Å². The molecule has 18 heavy (non-hydrogen) atoms. The van der Waals surface area contributed by atoms with Crippen molar-refractivity contribution in [3.05, 3.63) is 30.3 Å². The van der Waals surface area contributed by atoms with Crippen molar-refractivity contribution in [2.45, 2.75) is 26.3 Å². The maximum atomic E-state index is 5.73. The highest BCUT2D eigenvalue weighted by Crippen LogP contribution is 2.53. The van der Waals surface area contributed by atoms with E-state index in [1.54, 1.807) is 0 Å². The standard InChI is InChI=1S/C14H23N2OP/c1-5-12(2)14-11-16(18(17-4)15(14)3)13-9-7-6-8-10-13/h6-10,12,14H,5,11H2,1-4H3/t12?,14-,18?/m1/s1. The van der Waals surface area contributed by atoms with Crippen LogP contribution in [0.2, 0.25) is 0 Å². The van der Waals surface area contributed by atoms with E-state index in [1.165, 1.54) is 12.1 Å². The second-order valence-electron chi connectivity index (χ2n) is 4.88. The number of nitrogens with zero attached hydrogens (tertiary/aromatic N) is 2. The summed E-state index contributed by atoms with van der Waals surface area (Å²) in [6.45, 7) is 5.66. The first kappa shape index (κ1) is 13.8. The summed E-state index contributed by atoms with van der Waals surface area (Å²) < 4.78 is 10.6. The number of anilines is 1. The Morgan fingerprint density at radius 2 is 2.06 bits per heavy atom. The van der Waals surface area contributed by atoms with Gasteiger partial charge in [0.1, 0.15) is 0 Å². The second-order valence-corrected chi connectivity index (χ2v) is 6.86. The van der Waals surface area contributed by atoms with Crippen molar-refractivity contribution in [1.82, 2.24) is 4.67 Å². The highest BCUT2D eigenvalue weighted by Gasteiger charge is 2.40. The van der Waals surface area contributed by atoms with Crippen molar-refractivity contribution in [2.24, 2.45) is 5.92 Å². The fourth-order valence-corrected chi connectivity index (χ4v) is 4.50. The van der Waals surface area contributed by atoms with E-state index < -0.39 is 8.45 Å². The highest BCUT2D eigenvalue weighted by atomic mass is 31.2. The van der Waals surface area contributed by atoms with E-state index in [9.17, 15) is 0 Å². The van der Waals surface area contributed by atoms with Gasteiger partial charge in [0.05, 0.1) is 0 Å². The second kappa shape index (κ2) is 6.01. The smallest absolute Gasteiger partial charge is 0.217 e. The summed E-state index contributed by atoms with van der Waals surface area (Å²) in [6, 6.07) is 11.2. The van der Waals surface area contributed by atoms with Crippen LogP contribution in [0.25, 0.3) is 0 Å². The lowest BCUT2D eigenvalue weighted by Crippen LogP contribution is -2.31. The maximum absolute atomic E-state index is 5.73. The van der Waals surface area contributed by atoms with Gasteiger partial charge in [0.15, 0.2) is 0 Å². The van der Waals surface area contributed by atoms with Crippen molar-refractivity contribution in [3.63, 3.8) is 0 Å². The fourth-order valence-electron chi connectivity index (χ4n) is 2.51. The summed E-state index contributed by atoms with van der Waals surface area (Å²) in [4.78, 5) is 0. The molecule has 100 valence electrons. The van der Waals surface area contributed by atoms with Crippen LogP contribution in [0.4, 0.5) is 5.69 Å². The first-order chi connectivity index (χ1) is 8.69. The lowest BCUT2D eigenvalue weighted by molar-refractivity contribution is 0.295. The third kappa shape index (κ3) is 2.54. The number of rotatable bonds is 4. The van der Waals surface area contributed by atoms with E-state index in [2.05, 4.69) is 60.6 Å². The van der Waals surface area contributed by atoms with Crippen molar-refractivity contribution in [3.8, 4) is 0 Å². The molecular formula is C14H23N2OP. The van der Waals surface area contributed by atoms with Gasteiger partial charge in [-0.3, -0.25) is 0 Å². The Hall–Kier alpha value is -0.630. The average Bonchev–Trinajstić information content (AvgIpc) is 2.76. The van der Waals surface area contributed by atoms with Crippen LogP contribution in [0, 0.1) is 5.92 Å². The van der Waals surface area contributed by atoms with Crippen LogP contribution in [0.1, 0.15) is 20.3 Å². The molecule has 1 aromatic carbocycles. The third-order valence-corrected chi connectivity index (χ3v) is 5.80. The molecule has 1 aromatic rings. The van der Waals surface area contributed by atoms with Gasteiger partial charge in [0, 0.05) is 25.4 Å². The van der Waals surface area contributed by atoms with E-state index in [0.29, 0.717) is 12.0 Å². The Morgan fingerprint density at radius 3 is 2.61 bits per heavy atom. The predicted octanol–water partition coefficient (Wildman–Crippen LogP) is 3.73. The molecule has 2 rings (SSSR count). The topological polar surface area (TPSA) is 15.7 Å². The molecule has 2 unspecified atom stereocenters. The molecule has 4 heteroatoms.